The zero-order chi connectivity index (χ0) is 18.5. The van der Waals surface area contributed by atoms with Gasteiger partial charge < -0.3 is 5.11 Å². The molecule has 0 unspecified atom stereocenters. The van der Waals surface area contributed by atoms with Crippen LogP contribution < -0.4 is 0 Å². The smallest absolute Gasteiger partial charge is 0.133 e. The van der Waals surface area contributed by atoms with Crippen LogP contribution in [0.2, 0.25) is 0 Å². The van der Waals surface area contributed by atoms with E-state index in [1.807, 2.05) is 6.92 Å². The minimum absolute atomic E-state index is 0.271. The molecule has 4 aliphatic carbocycles. The topological polar surface area (TPSA) is 37.3 Å². The Labute approximate surface area is 160 Å². The average molecular weight is 361 g/mol. The Morgan fingerprint density at radius 2 is 1.65 bits per heavy atom. The van der Waals surface area contributed by atoms with Gasteiger partial charge in [-0.3, -0.25) is 4.79 Å². The number of hydrogen-bond donors (Lipinski definition) is 1. The molecule has 0 radical (unpaired) electrons. The molecule has 0 aromatic carbocycles. The van der Waals surface area contributed by atoms with Gasteiger partial charge in [0.05, 0.1) is 5.60 Å². The Balaban J connectivity index is 1.56. The number of ketones is 1. The van der Waals surface area contributed by atoms with Gasteiger partial charge in [-0.1, -0.05) is 20.3 Å². The van der Waals surface area contributed by atoms with Crippen molar-refractivity contribution in [1.29, 1.82) is 0 Å². The van der Waals surface area contributed by atoms with Gasteiger partial charge in [0.15, 0.2) is 0 Å². The molecule has 0 aromatic heterocycles. The van der Waals surface area contributed by atoms with Gasteiger partial charge in [0.1, 0.15) is 5.78 Å². The first-order valence-corrected chi connectivity index (χ1v) is 11.6. The zero-order valence-electron chi connectivity index (χ0n) is 17.3. The van der Waals surface area contributed by atoms with E-state index in [2.05, 4.69) is 13.8 Å². The van der Waals surface area contributed by atoms with Crippen LogP contribution in [-0.2, 0) is 4.79 Å². The van der Waals surface area contributed by atoms with Crippen LogP contribution in [0, 0.1) is 40.9 Å². The fourth-order valence-corrected chi connectivity index (χ4v) is 8.27. The monoisotopic (exact) mass is 360 g/mol. The lowest BCUT2D eigenvalue weighted by atomic mass is 9.45. The fourth-order valence-electron chi connectivity index (χ4n) is 8.27. The number of Topliss-reactive ketones (excluding diaryl/α,β-unsaturated/α-hetero) is 1. The van der Waals surface area contributed by atoms with E-state index in [9.17, 15) is 9.90 Å². The van der Waals surface area contributed by atoms with E-state index in [1.54, 1.807) is 0 Å². The maximum Gasteiger partial charge on any atom is 0.133 e. The SMILES string of the molecule is CC[C@]1(O)CC[C@H]2CC[C@@H]3[C@H](CC[C@]4(C)[C@H](C(C)=O)CCC[C@@H]34)[C@H]2CC1. The summed E-state index contributed by atoms with van der Waals surface area (Å²) in [5, 5.41) is 10.9. The normalized spacial score (nSPS) is 51.5. The standard InChI is InChI=1S/C24H40O2/c1-4-24(26)14-10-17-8-9-20-19(18(17)12-15-24)11-13-23(3)21(16(2)25)6-5-7-22(20)23/h17-22,26H,4-15H2,1-3H3/t17-,18+,19-,20-,21+,22+,23-,24+/m1/s1. The van der Waals surface area contributed by atoms with Crippen molar-refractivity contribution >= 4 is 5.78 Å². The highest BCUT2D eigenvalue weighted by Crippen LogP contribution is 2.63. The highest BCUT2D eigenvalue weighted by atomic mass is 16.3. The Kier molecular flexibility index (Phi) is 5.04. The van der Waals surface area contributed by atoms with Gasteiger partial charge >= 0.3 is 0 Å². The first-order valence-electron chi connectivity index (χ1n) is 11.6. The predicted molar refractivity (Wildman–Crippen MR) is 106 cm³/mol. The number of fused-ring (bicyclic) bond motifs is 5. The molecule has 0 aromatic rings. The van der Waals surface area contributed by atoms with Crippen molar-refractivity contribution in [2.75, 3.05) is 0 Å². The van der Waals surface area contributed by atoms with Crippen molar-refractivity contribution in [3.63, 3.8) is 0 Å². The molecule has 0 heterocycles. The van der Waals surface area contributed by atoms with E-state index in [1.165, 1.54) is 51.4 Å². The summed E-state index contributed by atoms with van der Waals surface area (Å²) in [7, 11) is 0. The molecule has 8 atom stereocenters. The minimum Gasteiger partial charge on any atom is -0.390 e. The second-order valence-corrected chi connectivity index (χ2v) is 10.7. The Bertz CT molecular complexity index is 542. The molecule has 4 fully saturated rings. The Morgan fingerprint density at radius 1 is 0.923 bits per heavy atom. The number of carbonyl (C=O) groups is 1. The van der Waals surface area contributed by atoms with Crippen LogP contribution in [0.1, 0.15) is 97.8 Å². The van der Waals surface area contributed by atoms with Crippen LogP contribution in [0.4, 0.5) is 0 Å². The maximum atomic E-state index is 12.4. The fraction of sp³-hybridized carbons (Fsp3) is 0.958. The number of carbonyl (C=O) groups excluding carboxylic acids is 1. The highest BCUT2D eigenvalue weighted by molar-refractivity contribution is 5.79. The van der Waals surface area contributed by atoms with E-state index in [4.69, 9.17) is 0 Å². The van der Waals surface area contributed by atoms with Gasteiger partial charge in [-0.05, 0) is 113 Å². The average Bonchev–Trinajstić information content (AvgIpc) is 2.80. The number of hydrogen-bond acceptors (Lipinski definition) is 2. The van der Waals surface area contributed by atoms with Crippen LogP contribution in [0.5, 0.6) is 0 Å². The number of rotatable bonds is 2. The van der Waals surface area contributed by atoms with Gasteiger partial charge in [0, 0.05) is 5.92 Å². The summed E-state index contributed by atoms with van der Waals surface area (Å²) >= 11 is 0. The third-order valence-electron chi connectivity index (χ3n) is 9.83. The van der Waals surface area contributed by atoms with Crippen molar-refractivity contribution in [3.05, 3.63) is 0 Å². The summed E-state index contributed by atoms with van der Waals surface area (Å²) in [6.07, 6.45) is 14.6. The Hall–Kier alpha value is -0.370. The third-order valence-corrected chi connectivity index (χ3v) is 9.83. The third kappa shape index (κ3) is 2.99. The lowest BCUT2D eigenvalue weighted by Gasteiger charge is -2.59. The van der Waals surface area contributed by atoms with Gasteiger partial charge in [-0.15, -0.1) is 0 Å². The second-order valence-electron chi connectivity index (χ2n) is 10.7. The molecule has 4 aliphatic rings. The van der Waals surface area contributed by atoms with E-state index < -0.39 is 0 Å². The molecule has 2 nitrogen and oxygen atoms in total. The maximum absolute atomic E-state index is 12.4. The van der Waals surface area contributed by atoms with Crippen molar-refractivity contribution < 1.29 is 9.90 Å². The van der Waals surface area contributed by atoms with E-state index in [0.717, 1.165) is 55.3 Å². The van der Waals surface area contributed by atoms with Crippen LogP contribution in [0.25, 0.3) is 0 Å². The van der Waals surface area contributed by atoms with Gasteiger partial charge in [0.2, 0.25) is 0 Å². The summed E-state index contributed by atoms with van der Waals surface area (Å²) < 4.78 is 0. The first kappa shape index (κ1) is 19.0. The zero-order valence-corrected chi connectivity index (χ0v) is 17.3. The summed E-state index contributed by atoms with van der Waals surface area (Å²) in [6.45, 7) is 6.47. The van der Waals surface area contributed by atoms with Crippen LogP contribution in [0.3, 0.4) is 0 Å². The molecule has 0 saturated heterocycles. The highest BCUT2D eigenvalue weighted by Gasteiger charge is 2.56. The molecule has 0 aliphatic heterocycles. The van der Waals surface area contributed by atoms with Crippen LogP contribution >= 0.6 is 0 Å². The second kappa shape index (κ2) is 6.90. The molecule has 0 amide bonds. The van der Waals surface area contributed by atoms with Crippen molar-refractivity contribution in [2.24, 2.45) is 40.9 Å². The van der Waals surface area contributed by atoms with Crippen LogP contribution in [0.15, 0.2) is 0 Å². The lowest BCUT2D eigenvalue weighted by Crippen LogP contribution is -2.53. The molecule has 0 bridgehead atoms. The van der Waals surface area contributed by atoms with E-state index >= 15 is 0 Å². The molecule has 4 rings (SSSR count). The first-order chi connectivity index (χ1) is 12.4. The molecular formula is C24H40O2. The molecule has 148 valence electrons. The predicted octanol–water partition coefficient (Wildman–Crippen LogP) is 5.77. The number of aliphatic hydroxyl groups is 1. The molecular weight excluding hydrogens is 320 g/mol. The van der Waals surface area contributed by atoms with Gasteiger partial charge in [0.25, 0.3) is 0 Å². The lowest BCUT2D eigenvalue weighted by molar-refractivity contribution is -0.140. The molecule has 1 N–H and O–H groups in total. The Morgan fingerprint density at radius 3 is 2.38 bits per heavy atom. The minimum atomic E-state index is -0.388. The molecule has 26 heavy (non-hydrogen) atoms. The molecule has 2 heteroatoms. The van der Waals surface area contributed by atoms with Gasteiger partial charge in [-0.2, -0.15) is 0 Å². The largest absolute Gasteiger partial charge is 0.390 e. The van der Waals surface area contributed by atoms with E-state index in [0.29, 0.717) is 11.7 Å². The summed E-state index contributed by atoms with van der Waals surface area (Å²) in [6, 6.07) is 0. The quantitative estimate of drug-likeness (QED) is 0.679. The summed E-state index contributed by atoms with van der Waals surface area (Å²) in [5.74, 6) is 4.97. The summed E-state index contributed by atoms with van der Waals surface area (Å²) in [5.41, 5.74) is -0.118. The van der Waals surface area contributed by atoms with Crippen LogP contribution in [-0.4, -0.2) is 16.5 Å². The molecule has 0 spiro atoms. The van der Waals surface area contributed by atoms with Crippen molar-refractivity contribution in [3.8, 4) is 0 Å². The van der Waals surface area contributed by atoms with Crippen molar-refractivity contribution in [1.82, 2.24) is 0 Å². The van der Waals surface area contributed by atoms with E-state index in [-0.39, 0.29) is 11.0 Å². The van der Waals surface area contributed by atoms with Gasteiger partial charge in [-0.25, -0.2) is 0 Å². The van der Waals surface area contributed by atoms with Crippen molar-refractivity contribution in [2.45, 2.75) is 103 Å². The summed E-state index contributed by atoms with van der Waals surface area (Å²) in [4.78, 5) is 12.4. The molecule has 4 saturated carbocycles.